The summed E-state index contributed by atoms with van der Waals surface area (Å²) in [7, 11) is 0. The van der Waals surface area contributed by atoms with Crippen LogP contribution in [-0.2, 0) is 6.54 Å². The van der Waals surface area contributed by atoms with E-state index in [1.807, 2.05) is 24.3 Å². The fourth-order valence-corrected chi connectivity index (χ4v) is 1.77. The molecule has 0 aliphatic heterocycles. The van der Waals surface area contributed by atoms with Crippen molar-refractivity contribution in [1.29, 1.82) is 0 Å². The van der Waals surface area contributed by atoms with Gasteiger partial charge in [0.05, 0.1) is 6.20 Å². The molecular weight excluding hydrogens is 224 g/mol. The summed E-state index contributed by atoms with van der Waals surface area (Å²) in [5, 5.41) is 3.49. The van der Waals surface area contributed by atoms with Gasteiger partial charge in [0, 0.05) is 18.8 Å². The second-order valence-corrected chi connectivity index (χ2v) is 4.59. The Morgan fingerprint density at radius 1 is 1.11 bits per heavy atom. The zero-order chi connectivity index (χ0) is 12.2. The molecular formula is C15H16N2O. The highest BCUT2D eigenvalue weighted by atomic mass is 16.5. The molecule has 3 nitrogen and oxygen atoms in total. The monoisotopic (exact) mass is 240 g/mol. The number of hydrogen-bond acceptors (Lipinski definition) is 3. The Balaban J connectivity index is 1.59. The van der Waals surface area contributed by atoms with Gasteiger partial charge < -0.3 is 10.1 Å². The van der Waals surface area contributed by atoms with Gasteiger partial charge in [0.25, 0.3) is 0 Å². The van der Waals surface area contributed by atoms with Gasteiger partial charge in [0.2, 0.25) is 0 Å². The maximum Gasteiger partial charge on any atom is 0.145 e. The van der Waals surface area contributed by atoms with Crippen LogP contribution in [0.4, 0.5) is 0 Å². The summed E-state index contributed by atoms with van der Waals surface area (Å²) >= 11 is 0. The topological polar surface area (TPSA) is 34.1 Å². The smallest absolute Gasteiger partial charge is 0.145 e. The van der Waals surface area contributed by atoms with Crippen LogP contribution in [0.25, 0.3) is 0 Å². The van der Waals surface area contributed by atoms with Crippen LogP contribution in [-0.4, -0.2) is 11.0 Å². The van der Waals surface area contributed by atoms with Crippen molar-refractivity contribution >= 4 is 0 Å². The molecule has 1 fully saturated rings. The summed E-state index contributed by atoms with van der Waals surface area (Å²) in [4.78, 5) is 4.02. The quantitative estimate of drug-likeness (QED) is 0.871. The first kappa shape index (κ1) is 11.2. The lowest BCUT2D eigenvalue weighted by Crippen LogP contribution is -2.14. The van der Waals surface area contributed by atoms with E-state index in [-0.39, 0.29) is 0 Å². The van der Waals surface area contributed by atoms with Gasteiger partial charge in [-0.1, -0.05) is 12.1 Å². The molecule has 1 aliphatic rings. The number of benzene rings is 1. The van der Waals surface area contributed by atoms with Crippen LogP contribution in [0.15, 0.2) is 48.8 Å². The minimum absolute atomic E-state index is 0.747. The van der Waals surface area contributed by atoms with Crippen molar-refractivity contribution in [3.8, 4) is 11.5 Å². The van der Waals surface area contributed by atoms with Crippen LogP contribution in [0, 0.1) is 0 Å². The van der Waals surface area contributed by atoms with Crippen molar-refractivity contribution in [3.05, 3.63) is 54.4 Å². The molecule has 0 radical (unpaired) electrons. The van der Waals surface area contributed by atoms with E-state index in [4.69, 9.17) is 4.74 Å². The molecule has 0 saturated heterocycles. The van der Waals surface area contributed by atoms with Gasteiger partial charge in [-0.3, -0.25) is 4.98 Å². The predicted octanol–water partition coefficient (Wildman–Crippen LogP) is 3.13. The maximum atomic E-state index is 5.69. The number of nitrogens with zero attached hydrogens (tertiary/aromatic N) is 1. The van der Waals surface area contributed by atoms with E-state index >= 15 is 0 Å². The van der Waals surface area contributed by atoms with E-state index in [1.165, 1.54) is 18.4 Å². The Labute approximate surface area is 107 Å². The first-order valence-electron chi connectivity index (χ1n) is 6.30. The van der Waals surface area contributed by atoms with Gasteiger partial charge in [-0.2, -0.15) is 0 Å². The Morgan fingerprint density at radius 2 is 1.94 bits per heavy atom. The third-order valence-electron chi connectivity index (χ3n) is 2.97. The summed E-state index contributed by atoms with van der Waals surface area (Å²) < 4.78 is 5.69. The minimum atomic E-state index is 0.747. The maximum absolute atomic E-state index is 5.69. The standard InChI is InChI=1S/C15H16N2O/c1-2-15(11-16-9-1)18-14-7-3-12(4-8-14)10-17-13-5-6-13/h1-4,7-9,11,13,17H,5-6,10H2. The summed E-state index contributed by atoms with van der Waals surface area (Å²) in [5.74, 6) is 1.61. The third-order valence-corrected chi connectivity index (χ3v) is 2.97. The van der Waals surface area contributed by atoms with Gasteiger partial charge >= 0.3 is 0 Å². The number of pyridine rings is 1. The molecule has 3 heteroatoms. The average molecular weight is 240 g/mol. The van der Waals surface area contributed by atoms with Crippen molar-refractivity contribution in [2.45, 2.75) is 25.4 Å². The molecule has 1 aromatic carbocycles. The van der Waals surface area contributed by atoms with Crippen molar-refractivity contribution in [3.63, 3.8) is 0 Å². The second-order valence-electron chi connectivity index (χ2n) is 4.59. The molecule has 1 saturated carbocycles. The summed E-state index contributed by atoms with van der Waals surface area (Å²) in [5.41, 5.74) is 1.29. The van der Waals surface area contributed by atoms with Crippen LogP contribution >= 0.6 is 0 Å². The zero-order valence-corrected chi connectivity index (χ0v) is 10.2. The van der Waals surface area contributed by atoms with Crippen LogP contribution in [0.5, 0.6) is 11.5 Å². The highest BCUT2D eigenvalue weighted by Gasteiger charge is 2.19. The Bertz CT molecular complexity index is 492. The SMILES string of the molecule is c1cncc(Oc2ccc(CNC3CC3)cc2)c1. The number of nitrogens with one attached hydrogen (secondary N) is 1. The molecule has 18 heavy (non-hydrogen) atoms. The first-order chi connectivity index (χ1) is 8.90. The minimum Gasteiger partial charge on any atom is -0.456 e. The van der Waals surface area contributed by atoms with Crippen molar-refractivity contribution in [1.82, 2.24) is 10.3 Å². The fourth-order valence-electron chi connectivity index (χ4n) is 1.77. The second kappa shape index (κ2) is 5.19. The summed E-state index contributed by atoms with van der Waals surface area (Å²) in [6, 6.07) is 12.7. The number of rotatable bonds is 5. The van der Waals surface area contributed by atoms with Crippen LogP contribution in [0.1, 0.15) is 18.4 Å². The number of hydrogen-bond donors (Lipinski definition) is 1. The normalized spacial score (nSPS) is 14.4. The van der Waals surface area contributed by atoms with E-state index in [0.29, 0.717) is 0 Å². The number of ether oxygens (including phenoxy) is 1. The van der Waals surface area contributed by atoms with Crippen LogP contribution in [0.2, 0.25) is 0 Å². The van der Waals surface area contributed by atoms with Crippen LogP contribution < -0.4 is 10.1 Å². The largest absolute Gasteiger partial charge is 0.456 e. The van der Waals surface area contributed by atoms with Crippen molar-refractivity contribution < 1.29 is 4.74 Å². The molecule has 0 spiro atoms. The third kappa shape index (κ3) is 3.08. The lowest BCUT2D eigenvalue weighted by atomic mass is 10.2. The molecule has 1 heterocycles. The van der Waals surface area contributed by atoms with Gasteiger partial charge in [0.1, 0.15) is 11.5 Å². The highest BCUT2D eigenvalue weighted by Crippen LogP contribution is 2.22. The molecule has 1 aromatic heterocycles. The van der Waals surface area contributed by atoms with E-state index in [1.54, 1.807) is 12.4 Å². The van der Waals surface area contributed by atoms with Crippen molar-refractivity contribution in [2.75, 3.05) is 0 Å². The summed E-state index contributed by atoms with van der Waals surface area (Å²) in [6.07, 6.45) is 6.09. The van der Waals surface area contributed by atoms with Crippen LogP contribution in [0.3, 0.4) is 0 Å². The molecule has 92 valence electrons. The molecule has 3 rings (SSSR count). The van der Waals surface area contributed by atoms with E-state index in [9.17, 15) is 0 Å². The molecule has 0 atom stereocenters. The molecule has 1 aliphatic carbocycles. The Hall–Kier alpha value is -1.87. The Morgan fingerprint density at radius 3 is 2.61 bits per heavy atom. The number of aromatic nitrogens is 1. The summed E-state index contributed by atoms with van der Waals surface area (Å²) in [6.45, 7) is 0.942. The molecule has 0 amide bonds. The average Bonchev–Trinajstić information content (AvgIpc) is 3.23. The van der Waals surface area contributed by atoms with Crippen molar-refractivity contribution in [2.24, 2.45) is 0 Å². The first-order valence-corrected chi connectivity index (χ1v) is 6.30. The molecule has 2 aromatic rings. The molecule has 1 N–H and O–H groups in total. The van der Waals surface area contributed by atoms with E-state index < -0.39 is 0 Å². The van der Waals surface area contributed by atoms with E-state index in [0.717, 1.165) is 24.1 Å². The lowest BCUT2D eigenvalue weighted by molar-refractivity contribution is 0.480. The fraction of sp³-hybridized carbons (Fsp3) is 0.267. The molecule has 0 bridgehead atoms. The Kier molecular flexibility index (Phi) is 3.24. The highest BCUT2D eigenvalue weighted by molar-refractivity contribution is 5.31. The van der Waals surface area contributed by atoms with Gasteiger partial charge in [-0.25, -0.2) is 0 Å². The molecule has 0 unspecified atom stereocenters. The lowest BCUT2D eigenvalue weighted by Gasteiger charge is -2.07. The van der Waals surface area contributed by atoms with Gasteiger partial charge in [0.15, 0.2) is 0 Å². The zero-order valence-electron chi connectivity index (χ0n) is 10.2. The van der Waals surface area contributed by atoms with E-state index in [2.05, 4.69) is 22.4 Å². The van der Waals surface area contributed by atoms with Gasteiger partial charge in [-0.05, 0) is 42.7 Å². The van der Waals surface area contributed by atoms with Gasteiger partial charge in [-0.15, -0.1) is 0 Å². The predicted molar refractivity (Wildman–Crippen MR) is 70.6 cm³/mol.